The molecule has 6 heteroatoms. The summed E-state index contributed by atoms with van der Waals surface area (Å²) in [5, 5.41) is 11.4. The molecular formula is C15H20N2O4. The van der Waals surface area contributed by atoms with E-state index in [9.17, 15) is 9.59 Å². The Kier molecular flexibility index (Phi) is 5.57. The summed E-state index contributed by atoms with van der Waals surface area (Å²) in [7, 11) is 0. The highest BCUT2D eigenvalue weighted by molar-refractivity contribution is 5.91. The van der Waals surface area contributed by atoms with Crippen LogP contribution < -0.4 is 10.1 Å². The molecular weight excluding hydrogens is 272 g/mol. The molecule has 0 aliphatic carbocycles. The molecule has 1 heterocycles. The number of hydrogen-bond donors (Lipinski definition) is 2. The lowest BCUT2D eigenvalue weighted by molar-refractivity contribution is -0.139. The molecule has 0 atom stereocenters. The van der Waals surface area contributed by atoms with Crippen molar-refractivity contribution in [1.82, 2.24) is 4.90 Å². The van der Waals surface area contributed by atoms with Crippen molar-refractivity contribution >= 4 is 17.6 Å². The van der Waals surface area contributed by atoms with Crippen LogP contribution in [0.2, 0.25) is 0 Å². The topological polar surface area (TPSA) is 78.9 Å². The largest absolute Gasteiger partial charge is 0.482 e. The van der Waals surface area contributed by atoms with Crippen molar-refractivity contribution in [3.05, 3.63) is 24.3 Å². The Morgan fingerprint density at radius 1 is 1.29 bits per heavy atom. The third-order valence-electron chi connectivity index (χ3n) is 3.33. The van der Waals surface area contributed by atoms with Crippen LogP contribution >= 0.6 is 0 Å². The molecule has 1 amide bonds. The number of hydrogen-bond acceptors (Lipinski definition) is 4. The van der Waals surface area contributed by atoms with Gasteiger partial charge in [-0.05, 0) is 38.1 Å². The minimum atomic E-state index is -1.03. The summed E-state index contributed by atoms with van der Waals surface area (Å²) in [6, 6.07) is 6.74. The number of nitrogens with one attached hydrogen (secondary N) is 1. The lowest BCUT2D eigenvalue weighted by Crippen LogP contribution is -2.25. The second kappa shape index (κ2) is 7.64. The average molecular weight is 292 g/mol. The number of carbonyl (C=O) groups is 2. The van der Waals surface area contributed by atoms with Crippen molar-refractivity contribution in [2.45, 2.75) is 19.3 Å². The van der Waals surface area contributed by atoms with Gasteiger partial charge in [0.15, 0.2) is 6.61 Å². The molecule has 0 saturated carbocycles. The number of ether oxygens (including phenoxy) is 1. The maximum atomic E-state index is 11.9. The molecule has 6 nitrogen and oxygen atoms in total. The van der Waals surface area contributed by atoms with Crippen molar-refractivity contribution in [2.24, 2.45) is 0 Å². The van der Waals surface area contributed by atoms with E-state index in [4.69, 9.17) is 9.84 Å². The first-order chi connectivity index (χ1) is 10.1. The number of aliphatic carboxylic acids is 1. The summed E-state index contributed by atoms with van der Waals surface area (Å²) in [5.41, 5.74) is 0.615. The maximum Gasteiger partial charge on any atom is 0.341 e. The Morgan fingerprint density at radius 3 is 2.76 bits per heavy atom. The molecule has 2 rings (SSSR count). The highest BCUT2D eigenvalue weighted by Crippen LogP contribution is 2.17. The molecule has 0 spiro atoms. The van der Waals surface area contributed by atoms with Gasteiger partial charge in [-0.15, -0.1) is 0 Å². The first kappa shape index (κ1) is 15.3. The Bertz CT molecular complexity index is 498. The van der Waals surface area contributed by atoms with Crippen LogP contribution in [0.1, 0.15) is 19.3 Å². The molecule has 0 bridgehead atoms. The standard InChI is InChI=1S/C15H20N2O4/c18-14(6-9-17-7-1-2-8-17)16-12-4-3-5-13(10-12)21-11-15(19)20/h3-5,10H,1-2,6-9,11H2,(H,16,18)(H,19,20). The van der Waals surface area contributed by atoms with E-state index in [1.54, 1.807) is 24.3 Å². The maximum absolute atomic E-state index is 11.9. The number of likely N-dealkylation sites (tertiary alicyclic amines) is 1. The summed E-state index contributed by atoms with van der Waals surface area (Å²) < 4.78 is 5.07. The van der Waals surface area contributed by atoms with Crippen LogP contribution in [-0.2, 0) is 9.59 Å². The fourth-order valence-electron chi connectivity index (χ4n) is 2.30. The van der Waals surface area contributed by atoms with E-state index in [2.05, 4.69) is 10.2 Å². The van der Waals surface area contributed by atoms with Gasteiger partial charge in [-0.3, -0.25) is 4.79 Å². The Labute approximate surface area is 123 Å². The summed E-state index contributed by atoms with van der Waals surface area (Å²) in [5.74, 6) is -0.651. The van der Waals surface area contributed by atoms with Crippen molar-refractivity contribution < 1.29 is 19.4 Å². The van der Waals surface area contributed by atoms with Gasteiger partial charge in [-0.2, -0.15) is 0 Å². The van der Waals surface area contributed by atoms with Crippen LogP contribution in [0, 0.1) is 0 Å². The number of carboxylic acid groups (broad SMARTS) is 1. The molecule has 1 aliphatic heterocycles. The van der Waals surface area contributed by atoms with Crippen molar-refractivity contribution in [3.63, 3.8) is 0 Å². The summed E-state index contributed by atoms with van der Waals surface area (Å²) in [4.78, 5) is 24.6. The third kappa shape index (κ3) is 5.43. The van der Waals surface area contributed by atoms with Gasteiger partial charge < -0.3 is 20.1 Å². The van der Waals surface area contributed by atoms with Gasteiger partial charge >= 0.3 is 5.97 Å². The third-order valence-corrected chi connectivity index (χ3v) is 3.33. The normalized spacial score (nSPS) is 14.9. The molecule has 1 aromatic rings. The molecule has 21 heavy (non-hydrogen) atoms. The van der Waals surface area contributed by atoms with Crippen LogP contribution in [-0.4, -0.2) is 48.1 Å². The van der Waals surface area contributed by atoms with E-state index in [1.807, 2.05) is 0 Å². The second-order valence-corrected chi connectivity index (χ2v) is 5.06. The highest BCUT2D eigenvalue weighted by atomic mass is 16.5. The Morgan fingerprint density at radius 2 is 2.05 bits per heavy atom. The number of amides is 1. The Hall–Kier alpha value is -2.08. The highest BCUT2D eigenvalue weighted by Gasteiger charge is 2.13. The first-order valence-corrected chi connectivity index (χ1v) is 7.10. The lowest BCUT2D eigenvalue weighted by atomic mass is 10.3. The number of carbonyl (C=O) groups excluding carboxylic acids is 1. The van der Waals surface area contributed by atoms with Crippen molar-refractivity contribution in [1.29, 1.82) is 0 Å². The Balaban J connectivity index is 1.79. The molecule has 0 aromatic heterocycles. The van der Waals surface area contributed by atoms with Crippen LogP contribution in [0.25, 0.3) is 0 Å². The number of anilines is 1. The number of carboxylic acids is 1. The van der Waals surface area contributed by atoms with Gasteiger partial charge in [0.05, 0.1) is 0 Å². The van der Waals surface area contributed by atoms with E-state index in [1.165, 1.54) is 12.8 Å². The number of benzene rings is 1. The predicted molar refractivity (Wildman–Crippen MR) is 78.5 cm³/mol. The van der Waals surface area contributed by atoms with Crippen LogP contribution in [0.15, 0.2) is 24.3 Å². The van der Waals surface area contributed by atoms with E-state index in [0.29, 0.717) is 17.9 Å². The zero-order valence-electron chi connectivity index (χ0n) is 11.9. The summed E-state index contributed by atoms with van der Waals surface area (Å²) in [6.07, 6.45) is 2.88. The van der Waals surface area contributed by atoms with E-state index < -0.39 is 12.6 Å². The van der Waals surface area contributed by atoms with Gasteiger partial charge in [0.25, 0.3) is 0 Å². The van der Waals surface area contributed by atoms with Gasteiger partial charge in [0, 0.05) is 24.7 Å². The second-order valence-electron chi connectivity index (χ2n) is 5.06. The van der Waals surface area contributed by atoms with E-state index in [0.717, 1.165) is 19.6 Å². The van der Waals surface area contributed by atoms with Crippen molar-refractivity contribution in [3.8, 4) is 5.75 Å². The minimum Gasteiger partial charge on any atom is -0.482 e. The van der Waals surface area contributed by atoms with Gasteiger partial charge in [0.2, 0.25) is 5.91 Å². The number of nitrogens with zero attached hydrogens (tertiary/aromatic N) is 1. The zero-order chi connectivity index (χ0) is 15.1. The van der Waals surface area contributed by atoms with Crippen LogP contribution in [0.4, 0.5) is 5.69 Å². The molecule has 114 valence electrons. The van der Waals surface area contributed by atoms with Gasteiger partial charge in [-0.1, -0.05) is 6.07 Å². The SMILES string of the molecule is O=C(O)COc1cccc(NC(=O)CCN2CCCC2)c1. The first-order valence-electron chi connectivity index (χ1n) is 7.10. The van der Waals surface area contributed by atoms with Gasteiger partial charge in [-0.25, -0.2) is 4.79 Å². The van der Waals surface area contributed by atoms with E-state index in [-0.39, 0.29) is 5.91 Å². The summed E-state index contributed by atoms with van der Waals surface area (Å²) >= 11 is 0. The smallest absolute Gasteiger partial charge is 0.341 e. The molecule has 2 N–H and O–H groups in total. The fourth-order valence-corrected chi connectivity index (χ4v) is 2.30. The molecule has 1 aromatic carbocycles. The molecule has 1 fully saturated rings. The molecule has 1 saturated heterocycles. The van der Waals surface area contributed by atoms with Gasteiger partial charge in [0.1, 0.15) is 5.75 Å². The molecule has 0 radical (unpaired) electrons. The predicted octanol–water partition coefficient (Wildman–Crippen LogP) is 1.57. The van der Waals surface area contributed by atoms with Crippen LogP contribution in [0.3, 0.4) is 0 Å². The van der Waals surface area contributed by atoms with Crippen molar-refractivity contribution in [2.75, 3.05) is 31.6 Å². The molecule has 1 aliphatic rings. The number of rotatable bonds is 7. The monoisotopic (exact) mass is 292 g/mol. The summed E-state index contributed by atoms with van der Waals surface area (Å²) in [6.45, 7) is 2.53. The molecule has 0 unspecified atom stereocenters. The minimum absolute atomic E-state index is 0.0442. The average Bonchev–Trinajstić information content (AvgIpc) is 2.97. The lowest BCUT2D eigenvalue weighted by Gasteiger charge is -2.14. The van der Waals surface area contributed by atoms with E-state index >= 15 is 0 Å². The van der Waals surface area contributed by atoms with Crippen LogP contribution in [0.5, 0.6) is 5.75 Å². The quantitative estimate of drug-likeness (QED) is 0.797. The zero-order valence-corrected chi connectivity index (χ0v) is 11.9. The fraction of sp³-hybridized carbons (Fsp3) is 0.467.